The van der Waals surface area contributed by atoms with Gasteiger partial charge in [0.2, 0.25) is 17.6 Å². The van der Waals surface area contributed by atoms with Gasteiger partial charge in [0.15, 0.2) is 0 Å². The van der Waals surface area contributed by atoms with E-state index < -0.39 is 10.7 Å². The zero-order valence-corrected chi connectivity index (χ0v) is 12.9. The van der Waals surface area contributed by atoms with Crippen molar-refractivity contribution in [1.82, 2.24) is 9.97 Å². The Hall–Kier alpha value is -2.97. The van der Waals surface area contributed by atoms with Gasteiger partial charge in [-0.2, -0.15) is 9.97 Å². The molecule has 0 atom stereocenters. The van der Waals surface area contributed by atoms with Gasteiger partial charge >= 0.3 is 5.69 Å². The highest BCUT2D eigenvalue weighted by Gasteiger charge is 2.25. The van der Waals surface area contributed by atoms with Crippen LogP contribution in [0.1, 0.15) is 19.3 Å². The molecular formula is C15H17FN6O2. The Morgan fingerprint density at radius 2 is 1.83 bits per heavy atom. The van der Waals surface area contributed by atoms with Crippen molar-refractivity contribution < 1.29 is 9.31 Å². The lowest BCUT2D eigenvalue weighted by Crippen LogP contribution is -2.31. The molecular weight excluding hydrogens is 315 g/mol. The van der Waals surface area contributed by atoms with Gasteiger partial charge in [-0.15, -0.1) is 0 Å². The fourth-order valence-electron chi connectivity index (χ4n) is 2.63. The fraction of sp³-hybridized carbons (Fsp3) is 0.333. The molecule has 1 aliphatic rings. The van der Waals surface area contributed by atoms with Gasteiger partial charge in [-0.1, -0.05) is 0 Å². The van der Waals surface area contributed by atoms with Crippen LogP contribution in [0.5, 0.6) is 0 Å². The van der Waals surface area contributed by atoms with Crippen LogP contribution in [0.4, 0.5) is 33.3 Å². The second kappa shape index (κ2) is 6.65. The summed E-state index contributed by atoms with van der Waals surface area (Å²) in [7, 11) is 0. The van der Waals surface area contributed by atoms with E-state index in [1.807, 2.05) is 4.90 Å². The summed E-state index contributed by atoms with van der Waals surface area (Å²) in [6.45, 7) is 1.57. The van der Waals surface area contributed by atoms with Gasteiger partial charge in [-0.05, 0) is 43.5 Å². The zero-order chi connectivity index (χ0) is 17.1. The van der Waals surface area contributed by atoms with Crippen LogP contribution < -0.4 is 16.0 Å². The number of benzene rings is 1. The Balaban J connectivity index is 1.98. The van der Waals surface area contributed by atoms with E-state index >= 15 is 0 Å². The van der Waals surface area contributed by atoms with Crippen LogP contribution in [0.2, 0.25) is 0 Å². The molecule has 0 radical (unpaired) electrons. The predicted octanol–water partition coefficient (Wildman–Crippen LogP) is 2.84. The van der Waals surface area contributed by atoms with Crippen LogP contribution >= 0.6 is 0 Å². The van der Waals surface area contributed by atoms with Gasteiger partial charge in [0.25, 0.3) is 0 Å². The first-order chi connectivity index (χ1) is 11.5. The van der Waals surface area contributed by atoms with Gasteiger partial charge in [0.05, 0.1) is 4.92 Å². The molecule has 0 aliphatic carbocycles. The lowest BCUT2D eigenvalue weighted by Gasteiger charge is -2.27. The number of nitro groups is 1. The number of halogens is 1. The molecule has 1 fully saturated rings. The number of nitrogen functional groups attached to an aromatic ring is 1. The third-order valence-corrected chi connectivity index (χ3v) is 3.83. The number of nitrogens with two attached hydrogens (primary N) is 1. The highest BCUT2D eigenvalue weighted by Crippen LogP contribution is 2.32. The summed E-state index contributed by atoms with van der Waals surface area (Å²) in [6.07, 6.45) is 3.17. The molecule has 1 aliphatic heterocycles. The van der Waals surface area contributed by atoms with Crippen LogP contribution in [0.25, 0.3) is 0 Å². The number of hydrogen-bond acceptors (Lipinski definition) is 7. The monoisotopic (exact) mass is 332 g/mol. The first kappa shape index (κ1) is 15.9. The summed E-state index contributed by atoms with van der Waals surface area (Å²) in [5, 5.41) is 14.1. The number of rotatable bonds is 4. The second-order valence-corrected chi connectivity index (χ2v) is 5.54. The van der Waals surface area contributed by atoms with Gasteiger partial charge in [-0.3, -0.25) is 10.1 Å². The second-order valence-electron chi connectivity index (χ2n) is 5.54. The fourth-order valence-corrected chi connectivity index (χ4v) is 2.63. The van der Waals surface area contributed by atoms with Crippen LogP contribution in [-0.2, 0) is 0 Å². The molecule has 2 heterocycles. The average molecular weight is 332 g/mol. The van der Waals surface area contributed by atoms with Gasteiger partial charge < -0.3 is 16.0 Å². The maximum atomic E-state index is 13.0. The first-order valence-corrected chi connectivity index (χ1v) is 7.64. The Labute approximate surface area is 137 Å². The number of hydrogen-bond donors (Lipinski definition) is 2. The smallest absolute Gasteiger partial charge is 0.353 e. The third-order valence-electron chi connectivity index (χ3n) is 3.83. The zero-order valence-electron chi connectivity index (χ0n) is 12.9. The normalized spacial score (nSPS) is 14.5. The number of nitrogens with one attached hydrogen (secondary N) is 1. The quantitative estimate of drug-likeness (QED) is 0.654. The van der Waals surface area contributed by atoms with Crippen molar-refractivity contribution in [2.45, 2.75) is 19.3 Å². The van der Waals surface area contributed by atoms with Crippen LogP contribution in [0.3, 0.4) is 0 Å². The lowest BCUT2D eigenvalue weighted by atomic mass is 10.1. The number of piperidine rings is 1. The SMILES string of the molecule is Nc1nc(N2CCCCC2)nc(Nc2ccc(F)cc2)c1[N+](=O)[O-]. The molecule has 9 heteroatoms. The van der Waals surface area contributed by atoms with Crippen LogP contribution in [0, 0.1) is 15.9 Å². The highest BCUT2D eigenvalue weighted by molar-refractivity contribution is 5.74. The molecule has 126 valence electrons. The maximum Gasteiger partial charge on any atom is 0.353 e. The van der Waals surface area contributed by atoms with E-state index in [0.717, 1.165) is 32.4 Å². The summed E-state index contributed by atoms with van der Waals surface area (Å²) in [5.41, 5.74) is 5.87. The summed E-state index contributed by atoms with van der Waals surface area (Å²) >= 11 is 0. The van der Waals surface area contributed by atoms with E-state index in [4.69, 9.17) is 5.73 Å². The van der Waals surface area contributed by atoms with Crippen molar-refractivity contribution in [2.75, 3.05) is 29.0 Å². The van der Waals surface area contributed by atoms with Crippen molar-refractivity contribution in [2.24, 2.45) is 0 Å². The summed E-state index contributed by atoms with van der Waals surface area (Å²) in [6, 6.07) is 5.45. The molecule has 24 heavy (non-hydrogen) atoms. The van der Waals surface area contributed by atoms with Crippen molar-refractivity contribution in [3.05, 3.63) is 40.2 Å². The molecule has 0 spiro atoms. The van der Waals surface area contributed by atoms with Crippen molar-refractivity contribution in [3.63, 3.8) is 0 Å². The molecule has 0 unspecified atom stereocenters. The third kappa shape index (κ3) is 3.34. The average Bonchev–Trinajstić information content (AvgIpc) is 2.57. The van der Waals surface area contributed by atoms with Crippen molar-refractivity contribution in [1.29, 1.82) is 0 Å². The Bertz CT molecular complexity index is 746. The van der Waals surface area contributed by atoms with Gasteiger partial charge in [-0.25, -0.2) is 4.39 Å². The molecule has 0 bridgehead atoms. The van der Waals surface area contributed by atoms with E-state index in [1.54, 1.807) is 0 Å². The first-order valence-electron chi connectivity index (χ1n) is 7.64. The number of nitrogens with zero attached hydrogens (tertiary/aromatic N) is 4. The molecule has 0 amide bonds. The predicted molar refractivity (Wildman–Crippen MR) is 88.8 cm³/mol. The maximum absolute atomic E-state index is 13.0. The van der Waals surface area contributed by atoms with Crippen LogP contribution in [0.15, 0.2) is 24.3 Å². The molecule has 0 saturated carbocycles. The van der Waals surface area contributed by atoms with E-state index in [2.05, 4.69) is 15.3 Å². The Morgan fingerprint density at radius 3 is 2.46 bits per heavy atom. The summed E-state index contributed by atoms with van der Waals surface area (Å²) in [5.74, 6) is -0.228. The van der Waals surface area contributed by atoms with Crippen molar-refractivity contribution >= 4 is 29.0 Å². The van der Waals surface area contributed by atoms with E-state index in [-0.39, 0.29) is 17.3 Å². The minimum Gasteiger partial charge on any atom is -0.378 e. The standard InChI is InChI=1S/C15H17FN6O2/c16-10-4-6-11(7-5-10)18-14-12(22(23)24)13(17)19-15(20-14)21-8-2-1-3-9-21/h4-7H,1-3,8-9H2,(H3,17,18,19,20). The molecule has 3 rings (SSSR count). The van der Waals surface area contributed by atoms with Crippen molar-refractivity contribution in [3.8, 4) is 0 Å². The summed E-state index contributed by atoms with van der Waals surface area (Å²) < 4.78 is 13.0. The number of anilines is 4. The van der Waals surface area contributed by atoms with E-state index in [0.29, 0.717) is 11.6 Å². The Kier molecular flexibility index (Phi) is 4.41. The minimum atomic E-state index is -0.624. The minimum absolute atomic E-state index is 0.000295. The van der Waals surface area contributed by atoms with E-state index in [1.165, 1.54) is 24.3 Å². The Morgan fingerprint density at radius 1 is 1.17 bits per heavy atom. The number of aromatic nitrogens is 2. The largest absolute Gasteiger partial charge is 0.378 e. The molecule has 3 N–H and O–H groups in total. The lowest BCUT2D eigenvalue weighted by molar-refractivity contribution is -0.383. The highest BCUT2D eigenvalue weighted by atomic mass is 19.1. The van der Waals surface area contributed by atoms with Crippen LogP contribution in [-0.4, -0.2) is 28.0 Å². The molecule has 1 aromatic carbocycles. The molecule has 2 aromatic rings. The van der Waals surface area contributed by atoms with Gasteiger partial charge in [0.1, 0.15) is 5.82 Å². The summed E-state index contributed by atoms with van der Waals surface area (Å²) in [4.78, 5) is 21.0. The molecule has 8 nitrogen and oxygen atoms in total. The molecule has 1 saturated heterocycles. The topological polar surface area (TPSA) is 110 Å². The van der Waals surface area contributed by atoms with Gasteiger partial charge in [0, 0.05) is 18.8 Å². The van der Waals surface area contributed by atoms with E-state index in [9.17, 15) is 14.5 Å². The molecule has 1 aromatic heterocycles.